The zero-order chi connectivity index (χ0) is 21.8. The van der Waals surface area contributed by atoms with E-state index in [2.05, 4.69) is 50.4 Å². The van der Waals surface area contributed by atoms with Gasteiger partial charge in [0.1, 0.15) is 18.0 Å². The van der Waals surface area contributed by atoms with Gasteiger partial charge < -0.3 is 10.2 Å². The number of hydrogen-bond donors (Lipinski definition) is 1. The van der Waals surface area contributed by atoms with Crippen LogP contribution in [0.15, 0.2) is 73.4 Å². The Morgan fingerprint density at radius 2 is 1.91 bits per heavy atom. The third-order valence-corrected chi connectivity index (χ3v) is 5.86. The number of aromatic nitrogens is 5. The highest BCUT2D eigenvalue weighted by Crippen LogP contribution is 2.25. The van der Waals surface area contributed by atoms with E-state index in [1.54, 1.807) is 18.7 Å². The second kappa shape index (κ2) is 9.18. The largest absolute Gasteiger partial charge is 0.366 e. The minimum Gasteiger partial charge on any atom is -0.366 e. The quantitative estimate of drug-likeness (QED) is 0.488. The summed E-state index contributed by atoms with van der Waals surface area (Å²) in [5.74, 6) is 2.51. The Kier molecular flexibility index (Phi) is 5.79. The van der Waals surface area contributed by atoms with Gasteiger partial charge in [-0.1, -0.05) is 25.1 Å². The maximum Gasteiger partial charge on any atom is 0.134 e. The zero-order valence-corrected chi connectivity index (χ0v) is 18.2. The molecule has 0 saturated carbocycles. The fourth-order valence-corrected chi connectivity index (χ4v) is 4.20. The molecule has 1 fully saturated rings. The number of piperidine rings is 1. The monoisotopic (exact) mass is 425 g/mol. The Bertz CT molecular complexity index is 1160. The number of hydrogen-bond acceptors (Lipinski definition) is 6. The molecule has 1 saturated heterocycles. The van der Waals surface area contributed by atoms with E-state index < -0.39 is 0 Å². The number of nitrogens with one attached hydrogen (secondary N) is 1. The van der Waals surface area contributed by atoms with E-state index in [1.165, 1.54) is 12.8 Å². The van der Waals surface area contributed by atoms with Crippen molar-refractivity contribution in [1.82, 2.24) is 24.7 Å². The van der Waals surface area contributed by atoms with Crippen LogP contribution in [0.2, 0.25) is 0 Å². The van der Waals surface area contributed by atoms with Crippen LogP contribution in [0.4, 0.5) is 11.6 Å². The van der Waals surface area contributed by atoms with Gasteiger partial charge in [0.15, 0.2) is 0 Å². The van der Waals surface area contributed by atoms with Crippen molar-refractivity contribution >= 4 is 11.6 Å². The number of anilines is 2. The molecule has 1 aromatic carbocycles. The molecule has 0 spiro atoms. The lowest BCUT2D eigenvalue weighted by molar-refractivity contribution is 0.444. The highest BCUT2D eigenvalue weighted by atomic mass is 15.3. The molecule has 4 aromatic rings. The Labute approximate surface area is 188 Å². The van der Waals surface area contributed by atoms with E-state index in [-0.39, 0.29) is 0 Å². The average Bonchev–Trinajstić information content (AvgIpc) is 3.28. The van der Waals surface area contributed by atoms with Gasteiger partial charge in [0.2, 0.25) is 0 Å². The summed E-state index contributed by atoms with van der Waals surface area (Å²) in [5.41, 5.74) is 4.09. The third kappa shape index (κ3) is 4.46. The lowest BCUT2D eigenvalue weighted by Crippen LogP contribution is -2.34. The van der Waals surface area contributed by atoms with E-state index in [0.29, 0.717) is 12.5 Å². The molecule has 32 heavy (non-hydrogen) atoms. The minimum absolute atomic E-state index is 0.608. The van der Waals surface area contributed by atoms with Gasteiger partial charge >= 0.3 is 0 Å². The van der Waals surface area contributed by atoms with Crippen molar-refractivity contribution in [2.75, 3.05) is 23.3 Å². The maximum absolute atomic E-state index is 4.87. The molecule has 7 heteroatoms. The second-order valence-electron chi connectivity index (χ2n) is 8.33. The first kappa shape index (κ1) is 20.2. The van der Waals surface area contributed by atoms with Gasteiger partial charge in [-0.3, -0.25) is 4.98 Å². The molecular formula is C25H27N7. The molecule has 0 radical (unpaired) electrons. The lowest BCUT2D eigenvalue weighted by Gasteiger charge is -2.31. The summed E-state index contributed by atoms with van der Waals surface area (Å²) in [7, 11) is 0. The second-order valence-corrected chi connectivity index (χ2v) is 8.33. The van der Waals surface area contributed by atoms with Crippen LogP contribution in [0.25, 0.3) is 16.9 Å². The topological polar surface area (TPSA) is 71.8 Å². The molecule has 7 nitrogen and oxygen atoms in total. The molecule has 5 rings (SSSR count). The number of pyridine rings is 1. The van der Waals surface area contributed by atoms with Crippen LogP contribution in [0.1, 0.15) is 25.3 Å². The smallest absolute Gasteiger partial charge is 0.134 e. The van der Waals surface area contributed by atoms with Gasteiger partial charge in [-0.25, -0.2) is 14.6 Å². The number of nitrogens with zero attached hydrogens (tertiary/aromatic N) is 6. The Hall–Kier alpha value is -3.74. The number of benzene rings is 1. The molecule has 3 aromatic heterocycles. The van der Waals surface area contributed by atoms with E-state index in [4.69, 9.17) is 5.10 Å². The summed E-state index contributed by atoms with van der Waals surface area (Å²) < 4.78 is 1.92. The Morgan fingerprint density at radius 3 is 2.72 bits per heavy atom. The summed E-state index contributed by atoms with van der Waals surface area (Å²) in [4.78, 5) is 15.5. The standard InChI is InChI=1S/C25H27N7/c1-19-6-5-13-31(16-19)24-14-23(28-18-29-24)27-15-21-17-32(22-7-3-2-4-8-22)30-25(21)20-9-11-26-12-10-20/h2-4,7-12,14,17-19H,5-6,13,15-16H2,1H3,(H,27,28,29). The van der Waals surface area contributed by atoms with Crippen LogP contribution in [0, 0.1) is 5.92 Å². The Balaban J connectivity index is 1.39. The van der Waals surface area contributed by atoms with Crippen LogP contribution in [-0.2, 0) is 6.54 Å². The van der Waals surface area contributed by atoms with Crippen LogP contribution in [-0.4, -0.2) is 37.8 Å². The summed E-state index contributed by atoms with van der Waals surface area (Å²) in [5, 5.41) is 8.35. The zero-order valence-electron chi connectivity index (χ0n) is 18.2. The molecule has 0 aliphatic carbocycles. The predicted molar refractivity (Wildman–Crippen MR) is 127 cm³/mol. The normalized spacial score (nSPS) is 16.2. The van der Waals surface area contributed by atoms with Crippen molar-refractivity contribution in [3.05, 3.63) is 79.0 Å². The maximum atomic E-state index is 4.87. The van der Waals surface area contributed by atoms with Crippen molar-refractivity contribution in [2.24, 2.45) is 5.92 Å². The first-order valence-electron chi connectivity index (χ1n) is 11.1. The summed E-state index contributed by atoms with van der Waals surface area (Å²) in [6, 6.07) is 16.2. The molecule has 4 heterocycles. The number of rotatable bonds is 6. The molecule has 0 amide bonds. The SMILES string of the molecule is CC1CCCN(c2cc(NCc3cn(-c4ccccc4)nc3-c3ccncc3)ncn2)C1. The molecule has 1 N–H and O–H groups in total. The predicted octanol–water partition coefficient (Wildman–Crippen LogP) is 4.57. The van der Waals surface area contributed by atoms with Crippen LogP contribution in [0.5, 0.6) is 0 Å². The minimum atomic E-state index is 0.608. The summed E-state index contributed by atoms with van der Waals surface area (Å²) >= 11 is 0. The van der Waals surface area contributed by atoms with E-state index in [1.807, 2.05) is 41.1 Å². The summed E-state index contributed by atoms with van der Waals surface area (Å²) in [6.07, 6.45) is 9.81. The fourth-order valence-electron chi connectivity index (χ4n) is 4.20. The molecule has 1 aliphatic heterocycles. The molecule has 0 bridgehead atoms. The van der Waals surface area contributed by atoms with Gasteiger partial charge in [-0.05, 0) is 43.0 Å². The van der Waals surface area contributed by atoms with Crippen LogP contribution < -0.4 is 10.2 Å². The van der Waals surface area contributed by atoms with Crippen LogP contribution >= 0.6 is 0 Å². The van der Waals surface area contributed by atoms with Crippen molar-refractivity contribution in [3.63, 3.8) is 0 Å². The molecular weight excluding hydrogens is 398 g/mol. The molecule has 1 unspecified atom stereocenters. The van der Waals surface area contributed by atoms with Crippen molar-refractivity contribution < 1.29 is 0 Å². The van der Waals surface area contributed by atoms with Crippen molar-refractivity contribution in [1.29, 1.82) is 0 Å². The highest BCUT2D eigenvalue weighted by molar-refractivity contribution is 5.63. The number of para-hydroxylation sites is 1. The lowest BCUT2D eigenvalue weighted by atomic mass is 10.0. The van der Waals surface area contributed by atoms with Gasteiger partial charge in [0.25, 0.3) is 0 Å². The average molecular weight is 426 g/mol. The van der Waals surface area contributed by atoms with Crippen LogP contribution in [0.3, 0.4) is 0 Å². The summed E-state index contributed by atoms with van der Waals surface area (Å²) in [6.45, 7) is 5.01. The van der Waals surface area contributed by atoms with Gasteiger partial charge in [0, 0.05) is 55.4 Å². The first-order valence-corrected chi connectivity index (χ1v) is 11.1. The fraction of sp³-hybridized carbons (Fsp3) is 0.280. The molecule has 1 atom stereocenters. The van der Waals surface area contributed by atoms with E-state index in [9.17, 15) is 0 Å². The van der Waals surface area contributed by atoms with E-state index in [0.717, 1.165) is 47.2 Å². The van der Waals surface area contributed by atoms with Crippen molar-refractivity contribution in [2.45, 2.75) is 26.3 Å². The van der Waals surface area contributed by atoms with Gasteiger partial charge in [0.05, 0.1) is 11.4 Å². The van der Waals surface area contributed by atoms with E-state index >= 15 is 0 Å². The highest BCUT2D eigenvalue weighted by Gasteiger charge is 2.18. The van der Waals surface area contributed by atoms with Gasteiger partial charge in [-0.2, -0.15) is 5.10 Å². The molecule has 162 valence electrons. The van der Waals surface area contributed by atoms with Crippen molar-refractivity contribution in [3.8, 4) is 16.9 Å². The molecule has 1 aliphatic rings. The van der Waals surface area contributed by atoms with Gasteiger partial charge in [-0.15, -0.1) is 0 Å². The Morgan fingerprint density at radius 1 is 1.06 bits per heavy atom. The first-order chi connectivity index (χ1) is 15.8. The third-order valence-electron chi connectivity index (χ3n) is 5.86.